The predicted octanol–water partition coefficient (Wildman–Crippen LogP) is 2.49. The van der Waals surface area contributed by atoms with Crippen LogP contribution in [0.4, 0.5) is 4.79 Å². The molecule has 0 amide bonds. The minimum atomic E-state index is -0.691. The number of nitrogens with zero attached hydrogens (tertiary/aromatic N) is 1. The van der Waals surface area contributed by atoms with Crippen molar-refractivity contribution in [2.75, 3.05) is 7.11 Å². The van der Waals surface area contributed by atoms with Crippen LogP contribution in [0.1, 0.15) is 10.4 Å². The molecule has 0 unspecified atom stereocenters. The van der Waals surface area contributed by atoms with Gasteiger partial charge in [0, 0.05) is 23.7 Å². The van der Waals surface area contributed by atoms with Crippen molar-refractivity contribution in [3.05, 3.63) is 22.7 Å². The van der Waals surface area contributed by atoms with E-state index in [0.717, 1.165) is 16.9 Å². The molecule has 4 nitrogen and oxygen atoms in total. The van der Waals surface area contributed by atoms with E-state index in [4.69, 9.17) is 4.74 Å². The normalized spacial score (nSPS) is 13.1. The molecular weight excluding hydrogens is 214 g/mol. The Labute approximate surface area is 90.8 Å². The van der Waals surface area contributed by atoms with Crippen molar-refractivity contribution in [3.63, 3.8) is 0 Å². The molecule has 1 aliphatic rings. The Balaban J connectivity index is 2.20. The SMILES string of the molecule is COC(=O)Oc1cc2c(s1)C=CN=CC2. The summed E-state index contributed by atoms with van der Waals surface area (Å²) < 4.78 is 9.35. The maximum atomic E-state index is 10.9. The summed E-state index contributed by atoms with van der Waals surface area (Å²) in [4.78, 5) is 16.0. The molecule has 0 saturated heterocycles. The Morgan fingerprint density at radius 1 is 1.60 bits per heavy atom. The van der Waals surface area contributed by atoms with Gasteiger partial charge in [0.15, 0.2) is 5.06 Å². The van der Waals surface area contributed by atoms with Crippen LogP contribution in [0.2, 0.25) is 0 Å². The van der Waals surface area contributed by atoms with Gasteiger partial charge in [-0.05, 0) is 17.7 Å². The molecule has 1 aromatic heterocycles. The average molecular weight is 223 g/mol. The van der Waals surface area contributed by atoms with Crippen LogP contribution in [-0.2, 0) is 11.2 Å². The molecule has 0 aromatic carbocycles. The monoisotopic (exact) mass is 223 g/mol. The zero-order valence-corrected chi connectivity index (χ0v) is 8.91. The van der Waals surface area contributed by atoms with Crippen molar-refractivity contribution in [1.82, 2.24) is 0 Å². The summed E-state index contributed by atoms with van der Waals surface area (Å²) in [5.41, 5.74) is 1.11. The largest absolute Gasteiger partial charge is 0.514 e. The van der Waals surface area contributed by atoms with Crippen molar-refractivity contribution >= 4 is 29.8 Å². The highest BCUT2D eigenvalue weighted by molar-refractivity contribution is 7.15. The lowest BCUT2D eigenvalue weighted by Crippen LogP contribution is -2.05. The second-order valence-electron chi connectivity index (χ2n) is 2.86. The first-order chi connectivity index (χ1) is 7.29. The fourth-order valence-corrected chi connectivity index (χ4v) is 2.14. The van der Waals surface area contributed by atoms with Gasteiger partial charge in [0.2, 0.25) is 0 Å². The fourth-order valence-electron chi connectivity index (χ4n) is 1.21. The summed E-state index contributed by atoms with van der Waals surface area (Å²) in [6.45, 7) is 0. The van der Waals surface area contributed by atoms with E-state index in [1.54, 1.807) is 6.20 Å². The van der Waals surface area contributed by atoms with Crippen LogP contribution in [0, 0.1) is 0 Å². The number of hydrogen-bond donors (Lipinski definition) is 0. The highest BCUT2D eigenvalue weighted by Gasteiger charge is 2.11. The van der Waals surface area contributed by atoms with Crippen LogP contribution < -0.4 is 4.74 Å². The number of carbonyl (C=O) groups excluding carboxylic acids is 1. The van der Waals surface area contributed by atoms with Gasteiger partial charge in [-0.25, -0.2) is 4.79 Å². The first-order valence-electron chi connectivity index (χ1n) is 4.36. The first kappa shape index (κ1) is 9.92. The van der Waals surface area contributed by atoms with Gasteiger partial charge in [0.1, 0.15) is 0 Å². The number of thiophene rings is 1. The third-order valence-corrected chi connectivity index (χ3v) is 2.92. The summed E-state index contributed by atoms with van der Waals surface area (Å²) in [7, 11) is 1.29. The summed E-state index contributed by atoms with van der Waals surface area (Å²) in [6.07, 6.45) is 5.50. The molecule has 2 heterocycles. The molecule has 0 saturated carbocycles. The molecule has 2 rings (SSSR count). The summed E-state index contributed by atoms with van der Waals surface area (Å²) in [5, 5.41) is 0.548. The van der Waals surface area contributed by atoms with E-state index in [2.05, 4.69) is 9.73 Å². The van der Waals surface area contributed by atoms with E-state index in [1.165, 1.54) is 18.4 Å². The fraction of sp³-hybridized carbons (Fsp3) is 0.200. The number of ether oxygens (including phenoxy) is 2. The quantitative estimate of drug-likeness (QED) is 0.687. The third-order valence-electron chi connectivity index (χ3n) is 1.90. The minimum Gasteiger partial charge on any atom is -0.437 e. The maximum Gasteiger partial charge on any atom is 0.514 e. The second kappa shape index (κ2) is 4.27. The van der Waals surface area contributed by atoms with Gasteiger partial charge in [0.05, 0.1) is 7.11 Å². The minimum absolute atomic E-state index is 0.548. The van der Waals surface area contributed by atoms with Gasteiger partial charge in [-0.1, -0.05) is 11.3 Å². The average Bonchev–Trinajstić information content (AvgIpc) is 2.48. The molecule has 0 N–H and O–H groups in total. The molecule has 15 heavy (non-hydrogen) atoms. The van der Waals surface area contributed by atoms with E-state index in [1.807, 2.05) is 18.4 Å². The number of methoxy groups -OCH3 is 1. The molecule has 78 valence electrons. The lowest BCUT2D eigenvalue weighted by atomic mass is 10.2. The van der Waals surface area contributed by atoms with E-state index in [0.29, 0.717) is 5.06 Å². The zero-order valence-electron chi connectivity index (χ0n) is 8.10. The Hall–Kier alpha value is -1.62. The van der Waals surface area contributed by atoms with E-state index in [9.17, 15) is 4.79 Å². The number of rotatable bonds is 1. The predicted molar refractivity (Wildman–Crippen MR) is 58.6 cm³/mol. The molecule has 0 radical (unpaired) electrons. The Kier molecular flexibility index (Phi) is 2.82. The van der Waals surface area contributed by atoms with E-state index in [-0.39, 0.29) is 0 Å². The van der Waals surface area contributed by atoms with Gasteiger partial charge >= 0.3 is 6.16 Å². The van der Waals surface area contributed by atoms with Gasteiger partial charge in [0.25, 0.3) is 0 Å². The van der Waals surface area contributed by atoms with Crippen LogP contribution in [-0.4, -0.2) is 19.5 Å². The molecule has 0 spiro atoms. The van der Waals surface area contributed by atoms with Gasteiger partial charge in [-0.2, -0.15) is 0 Å². The molecular formula is C10H9NO3S. The standard InChI is InChI=1S/C10H9NO3S/c1-13-10(12)14-9-6-7-2-4-11-5-3-8(7)15-9/h3-6H,2H2,1H3. The van der Waals surface area contributed by atoms with Crippen LogP contribution in [0.5, 0.6) is 5.06 Å². The topological polar surface area (TPSA) is 47.9 Å². The van der Waals surface area contributed by atoms with Gasteiger partial charge in [-0.15, -0.1) is 0 Å². The Bertz CT molecular complexity index is 434. The summed E-state index contributed by atoms with van der Waals surface area (Å²) in [5.74, 6) is 0. The van der Waals surface area contributed by atoms with Gasteiger partial charge < -0.3 is 9.47 Å². The molecule has 1 aromatic rings. The first-order valence-corrected chi connectivity index (χ1v) is 5.18. The number of fused-ring (bicyclic) bond motifs is 1. The third kappa shape index (κ3) is 2.24. The van der Waals surface area contributed by atoms with Gasteiger partial charge in [-0.3, -0.25) is 4.99 Å². The highest BCUT2D eigenvalue weighted by Crippen LogP contribution is 2.31. The van der Waals surface area contributed by atoms with Crippen LogP contribution in [0.15, 0.2) is 17.3 Å². The van der Waals surface area contributed by atoms with E-state index >= 15 is 0 Å². The van der Waals surface area contributed by atoms with Crippen LogP contribution in [0.3, 0.4) is 0 Å². The van der Waals surface area contributed by atoms with Crippen molar-refractivity contribution in [2.24, 2.45) is 4.99 Å². The molecule has 0 fully saturated rings. The van der Waals surface area contributed by atoms with E-state index < -0.39 is 6.16 Å². The van der Waals surface area contributed by atoms with Crippen molar-refractivity contribution < 1.29 is 14.3 Å². The van der Waals surface area contributed by atoms with Crippen LogP contribution >= 0.6 is 11.3 Å². The molecule has 0 atom stereocenters. The maximum absolute atomic E-state index is 10.9. The lowest BCUT2D eigenvalue weighted by molar-refractivity contribution is 0.123. The molecule has 0 bridgehead atoms. The lowest BCUT2D eigenvalue weighted by Gasteiger charge is -1.96. The smallest absolute Gasteiger partial charge is 0.437 e. The molecule has 1 aliphatic heterocycles. The molecule has 0 aliphatic carbocycles. The van der Waals surface area contributed by atoms with Crippen molar-refractivity contribution in [1.29, 1.82) is 0 Å². The summed E-state index contributed by atoms with van der Waals surface area (Å²) in [6, 6.07) is 1.83. The number of aliphatic imine (C=N–C) groups is 1. The number of hydrogen-bond acceptors (Lipinski definition) is 5. The van der Waals surface area contributed by atoms with Crippen molar-refractivity contribution in [2.45, 2.75) is 6.42 Å². The summed E-state index contributed by atoms with van der Waals surface area (Å²) >= 11 is 1.40. The van der Waals surface area contributed by atoms with Crippen LogP contribution in [0.25, 0.3) is 6.08 Å². The highest BCUT2D eigenvalue weighted by atomic mass is 32.1. The second-order valence-corrected chi connectivity index (χ2v) is 3.91. The number of carbonyl (C=O) groups is 1. The van der Waals surface area contributed by atoms with Crippen molar-refractivity contribution in [3.8, 4) is 5.06 Å². The zero-order chi connectivity index (χ0) is 10.7. The Morgan fingerprint density at radius 3 is 3.27 bits per heavy atom. The Morgan fingerprint density at radius 2 is 2.47 bits per heavy atom. The molecule has 5 heteroatoms.